The Morgan fingerprint density at radius 2 is 1.84 bits per heavy atom. The molecule has 0 saturated heterocycles. The molecule has 0 unspecified atom stereocenters. The summed E-state index contributed by atoms with van der Waals surface area (Å²) in [6, 6.07) is 2.00. The third kappa shape index (κ3) is 1.96. The Morgan fingerprint density at radius 3 is 2.37 bits per heavy atom. The minimum atomic E-state index is 0.297. The van der Waals surface area contributed by atoms with Gasteiger partial charge in [0.1, 0.15) is 12.4 Å². The van der Waals surface area contributed by atoms with E-state index in [0.717, 1.165) is 24.3 Å². The van der Waals surface area contributed by atoms with Crippen LogP contribution in [-0.2, 0) is 6.54 Å². The minimum Gasteiger partial charge on any atom is -0.252 e. The summed E-state index contributed by atoms with van der Waals surface area (Å²) in [7, 11) is 0. The van der Waals surface area contributed by atoms with Gasteiger partial charge in [-0.25, -0.2) is 4.98 Å². The van der Waals surface area contributed by atoms with Gasteiger partial charge in [0.2, 0.25) is 0 Å². The van der Waals surface area contributed by atoms with Crippen molar-refractivity contribution in [2.24, 2.45) is 23.2 Å². The molecule has 1 aromatic rings. The Hall–Kier alpha value is -1.37. The third-order valence-electron chi connectivity index (χ3n) is 5.67. The average molecular weight is 256 g/mol. The van der Waals surface area contributed by atoms with E-state index < -0.39 is 0 Å². The predicted octanol–water partition coefficient (Wildman–Crippen LogP) is 2.76. The maximum absolute atomic E-state index is 8.76. The summed E-state index contributed by atoms with van der Waals surface area (Å²) in [6.07, 6.45) is 11.8. The zero-order valence-electron chi connectivity index (χ0n) is 11.3. The molecule has 4 bridgehead atoms. The Balaban J connectivity index is 1.46. The van der Waals surface area contributed by atoms with Crippen molar-refractivity contribution in [1.29, 1.82) is 5.26 Å². The smallest absolute Gasteiger partial charge is 0.252 e. The summed E-state index contributed by atoms with van der Waals surface area (Å²) in [4.78, 5) is 3.99. The molecule has 4 nitrogen and oxygen atoms in total. The molecule has 4 saturated carbocycles. The SMILES string of the molecule is N#Cc1ncn(CCC23CC4CC(CC(C4)C2)C3)n1. The number of nitrogens with zero attached hydrogens (tertiary/aromatic N) is 4. The van der Waals surface area contributed by atoms with Gasteiger partial charge in [0, 0.05) is 6.54 Å². The molecule has 0 N–H and O–H groups in total. The van der Waals surface area contributed by atoms with Crippen molar-refractivity contribution in [3.05, 3.63) is 12.2 Å². The van der Waals surface area contributed by atoms with Crippen LogP contribution < -0.4 is 0 Å². The molecule has 4 aliphatic carbocycles. The molecule has 0 atom stereocenters. The molecule has 5 rings (SSSR count). The molecule has 4 heteroatoms. The zero-order valence-corrected chi connectivity index (χ0v) is 11.3. The van der Waals surface area contributed by atoms with Gasteiger partial charge in [0.05, 0.1) is 0 Å². The summed E-state index contributed by atoms with van der Waals surface area (Å²) >= 11 is 0. The molecular formula is C15H20N4. The maximum atomic E-state index is 8.76. The van der Waals surface area contributed by atoms with Crippen molar-refractivity contribution in [1.82, 2.24) is 14.8 Å². The van der Waals surface area contributed by atoms with Crippen molar-refractivity contribution in [2.75, 3.05) is 0 Å². The molecule has 4 fully saturated rings. The third-order valence-corrected chi connectivity index (χ3v) is 5.67. The van der Waals surface area contributed by atoms with E-state index in [0.29, 0.717) is 11.2 Å². The van der Waals surface area contributed by atoms with Crippen LogP contribution in [0, 0.1) is 34.5 Å². The number of nitriles is 1. The van der Waals surface area contributed by atoms with Crippen LogP contribution in [0.1, 0.15) is 50.8 Å². The van der Waals surface area contributed by atoms with Gasteiger partial charge in [-0.1, -0.05) is 0 Å². The fourth-order valence-corrected chi connectivity index (χ4v) is 5.40. The Morgan fingerprint density at radius 1 is 1.21 bits per heavy atom. The lowest BCUT2D eigenvalue weighted by Crippen LogP contribution is -2.46. The van der Waals surface area contributed by atoms with Gasteiger partial charge in [-0.2, -0.15) is 5.26 Å². The fourth-order valence-electron chi connectivity index (χ4n) is 5.40. The topological polar surface area (TPSA) is 54.5 Å². The molecule has 0 amide bonds. The average Bonchev–Trinajstić information content (AvgIpc) is 2.83. The van der Waals surface area contributed by atoms with E-state index in [1.807, 2.05) is 10.8 Å². The van der Waals surface area contributed by atoms with E-state index in [9.17, 15) is 0 Å². The van der Waals surface area contributed by atoms with Gasteiger partial charge < -0.3 is 0 Å². The van der Waals surface area contributed by atoms with E-state index in [4.69, 9.17) is 5.26 Å². The second kappa shape index (κ2) is 4.06. The standard InChI is InChI=1S/C15H20N4/c16-9-14-17-10-19(18-14)2-1-15-6-11-3-12(7-15)5-13(4-11)8-15/h10-13H,1-8H2. The Bertz CT molecular complexity index is 489. The first kappa shape index (κ1) is 11.5. The van der Waals surface area contributed by atoms with Gasteiger partial charge in [0.25, 0.3) is 5.82 Å². The Labute approximate surface area is 113 Å². The number of aromatic nitrogens is 3. The van der Waals surface area contributed by atoms with Crippen LogP contribution in [0.5, 0.6) is 0 Å². The highest BCUT2D eigenvalue weighted by atomic mass is 15.3. The van der Waals surface area contributed by atoms with Crippen molar-refractivity contribution < 1.29 is 0 Å². The molecule has 100 valence electrons. The lowest BCUT2D eigenvalue weighted by Gasteiger charge is -2.57. The highest BCUT2D eigenvalue weighted by Gasteiger charge is 2.50. The summed E-state index contributed by atoms with van der Waals surface area (Å²) in [5.74, 6) is 3.33. The zero-order chi connectivity index (χ0) is 12.9. The highest BCUT2D eigenvalue weighted by Crippen LogP contribution is 2.61. The van der Waals surface area contributed by atoms with Crippen molar-refractivity contribution in [2.45, 2.75) is 51.5 Å². The number of rotatable bonds is 3. The molecule has 0 radical (unpaired) electrons. The second-order valence-corrected chi connectivity index (χ2v) is 7.11. The predicted molar refractivity (Wildman–Crippen MR) is 70.0 cm³/mol. The van der Waals surface area contributed by atoms with Crippen LogP contribution >= 0.6 is 0 Å². The molecule has 0 spiro atoms. The summed E-state index contributed by atoms with van der Waals surface area (Å²) < 4.78 is 1.86. The summed E-state index contributed by atoms with van der Waals surface area (Å²) in [5.41, 5.74) is 0.591. The van der Waals surface area contributed by atoms with E-state index in [-0.39, 0.29) is 0 Å². The number of hydrogen-bond acceptors (Lipinski definition) is 3. The van der Waals surface area contributed by atoms with E-state index in [2.05, 4.69) is 10.1 Å². The number of hydrogen-bond donors (Lipinski definition) is 0. The van der Waals surface area contributed by atoms with Crippen molar-refractivity contribution in [3.63, 3.8) is 0 Å². The van der Waals surface area contributed by atoms with E-state index in [1.54, 1.807) is 6.33 Å². The Kier molecular flexibility index (Phi) is 2.45. The first-order valence-corrected chi connectivity index (χ1v) is 7.54. The van der Waals surface area contributed by atoms with Crippen LogP contribution in [-0.4, -0.2) is 14.8 Å². The molecule has 19 heavy (non-hydrogen) atoms. The van der Waals surface area contributed by atoms with Crippen LogP contribution in [0.3, 0.4) is 0 Å². The van der Waals surface area contributed by atoms with Gasteiger partial charge in [-0.15, -0.1) is 5.10 Å². The summed E-state index contributed by atoms with van der Waals surface area (Å²) in [5, 5.41) is 13.0. The van der Waals surface area contributed by atoms with Crippen LogP contribution in [0.2, 0.25) is 0 Å². The monoisotopic (exact) mass is 256 g/mol. The quantitative estimate of drug-likeness (QED) is 0.835. The van der Waals surface area contributed by atoms with E-state index in [1.165, 1.54) is 44.9 Å². The second-order valence-electron chi connectivity index (χ2n) is 7.11. The van der Waals surface area contributed by atoms with Crippen LogP contribution in [0.15, 0.2) is 6.33 Å². The lowest BCUT2D eigenvalue weighted by atomic mass is 9.49. The largest absolute Gasteiger partial charge is 0.252 e. The lowest BCUT2D eigenvalue weighted by molar-refractivity contribution is -0.0595. The normalized spacial score (nSPS) is 39.4. The maximum Gasteiger partial charge on any atom is 0.252 e. The van der Waals surface area contributed by atoms with E-state index >= 15 is 0 Å². The summed E-state index contributed by atoms with van der Waals surface area (Å²) in [6.45, 7) is 0.931. The number of aryl methyl sites for hydroxylation is 1. The molecule has 1 aromatic heterocycles. The first-order chi connectivity index (χ1) is 9.25. The van der Waals surface area contributed by atoms with Gasteiger partial charge in [-0.05, 0) is 68.1 Å². The van der Waals surface area contributed by atoms with Crippen molar-refractivity contribution >= 4 is 0 Å². The molecule has 4 aliphatic rings. The minimum absolute atomic E-state index is 0.297. The van der Waals surface area contributed by atoms with Gasteiger partial charge >= 0.3 is 0 Å². The highest BCUT2D eigenvalue weighted by molar-refractivity contribution is 5.05. The first-order valence-electron chi connectivity index (χ1n) is 7.54. The molecular weight excluding hydrogens is 236 g/mol. The molecule has 1 heterocycles. The van der Waals surface area contributed by atoms with Gasteiger partial charge in [-0.3, -0.25) is 4.68 Å². The van der Waals surface area contributed by atoms with Crippen LogP contribution in [0.25, 0.3) is 0 Å². The molecule has 0 aliphatic heterocycles. The molecule has 0 aromatic carbocycles. The van der Waals surface area contributed by atoms with Crippen LogP contribution in [0.4, 0.5) is 0 Å². The van der Waals surface area contributed by atoms with Crippen molar-refractivity contribution in [3.8, 4) is 6.07 Å². The fraction of sp³-hybridized carbons (Fsp3) is 0.800. The van der Waals surface area contributed by atoms with Gasteiger partial charge in [0.15, 0.2) is 0 Å².